The Balaban J connectivity index is 1.66. The summed E-state index contributed by atoms with van der Waals surface area (Å²) in [7, 11) is 1.98. The van der Waals surface area contributed by atoms with Crippen LogP contribution in [0, 0.1) is 6.92 Å². The zero-order valence-electron chi connectivity index (χ0n) is 11.2. The molecule has 0 aliphatic carbocycles. The van der Waals surface area contributed by atoms with E-state index >= 15 is 0 Å². The summed E-state index contributed by atoms with van der Waals surface area (Å²) in [6.07, 6.45) is 4.25. The second-order valence-corrected chi connectivity index (χ2v) is 4.64. The molecule has 0 unspecified atom stereocenters. The zero-order chi connectivity index (χ0) is 12.8. The molecule has 2 rings (SSSR count). The molecule has 0 radical (unpaired) electrons. The molecule has 3 heteroatoms. The molecule has 0 amide bonds. The second-order valence-electron chi connectivity index (χ2n) is 4.64. The molecule has 0 atom stereocenters. The SMILES string of the molecule is Cc1c(CNCCCc2ccccc2)cnn1C. The lowest BCUT2D eigenvalue weighted by Crippen LogP contribution is -2.15. The lowest BCUT2D eigenvalue weighted by molar-refractivity contribution is 0.645. The number of rotatable bonds is 6. The Hall–Kier alpha value is -1.61. The minimum absolute atomic E-state index is 0.911. The van der Waals surface area contributed by atoms with Gasteiger partial charge in [0.1, 0.15) is 0 Å². The van der Waals surface area contributed by atoms with E-state index < -0.39 is 0 Å². The van der Waals surface area contributed by atoms with E-state index in [2.05, 4.69) is 47.7 Å². The minimum Gasteiger partial charge on any atom is -0.313 e. The summed E-state index contributed by atoms with van der Waals surface area (Å²) in [4.78, 5) is 0. The molecule has 1 aromatic carbocycles. The van der Waals surface area contributed by atoms with Gasteiger partial charge < -0.3 is 5.32 Å². The quantitative estimate of drug-likeness (QED) is 0.790. The van der Waals surface area contributed by atoms with Crippen LogP contribution in [0.1, 0.15) is 23.2 Å². The lowest BCUT2D eigenvalue weighted by Gasteiger charge is -2.05. The predicted molar refractivity (Wildman–Crippen MR) is 74.4 cm³/mol. The Morgan fingerprint density at radius 3 is 2.67 bits per heavy atom. The van der Waals surface area contributed by atoms with Crippen LogP contribution in [-0.4, -0.2) is 16.3 Å². The topological polar surface area (TPSA) is 29.9 Å². The first-order chi connectivity index (χ1) is 8.77. The van der Waals surface area contributed by atoms with E-state index in [0.717, 1.165) is 19.5 Å². The van der Waals surface area contributed by atoms with E-state index in [1.165, 1.54) is 23.2 Å². The van der Waals surface area contributed by atoms with Crippen molar-refractivity contribution in [2.24, 2.45) is 7.05 Å². The molecule has 0 fully saturated rings. The largest absolute Gasteiger partial charge is 0.313 e. The van der Waals surface area contributed by atoms with Crippen molar-refractivity contribution in [3.63, 3.8) is 0 Å². The van der Waals surface area contributed by atoms with E-state index in [-0.39, 0.29) is 0 Å². The van der Waals surface area contributed by atoms with Gasteiger partial charge in [-0.25, -0.2) is 0 Å². The third-order valence-corrected chi connectivity index (χ3v) is 3.31. The number of nitrogens with one attached hydrogen (secondary N) is 1. The molecule has 96 valence electrons. The van der Waals surface area contributed by atoms with Gasteiger partial charge in [0.05, 0.1) is 6.20 Å². The maximum Gasteiger partial charge on any atom is 0.0537 e. The summed E-state index contributed by atoms with van der Waals surface area (Å²) in [5.74, 6) is 0. The van der Waals surface area contributed by atoms with E-state index in [0.29, 0.717) is 0 Å². The molecule has 0 saturated carbocycles. The van der Waals surface area contributed by atoms with Crippen molar-refractivity contribution in [2.75, 3.05) is 6.54 Å². The maximum absolute atomic E-state index is 4.24. The van der Waals surface area contributed by atoms with Crippen LogP contribution < -0.4 is 5.32 Å². The van der Waals surface area contributed by atoms with Gasteiger partial charge in [-0.1, -0.05) is 30.3 Å². The van der Waals surface area contributed by atoms with E-state index in [4.69, 9.17) is 0 Å². The fourth-order valence-electron chi connectivity index (χ4n) is 2.00. The van der Waals surface area contributed by atoms with Crippen LogP contribution >= 0.6 is 0 Å². The summed E-state index contributed by atoms with van der Waals surface area (Å²) < 4.78 is 1.92. The average molecular weight is 243 g/mol. The number of hydrogen-bond acceptors (Lipinski definition) is 2. The van der Waals surface area contributed by atoms with Crippen molar-refractivity contribution < 1.29 is 0 Å². The van der Waals surface area contributed by atoms with Crippen LogP contribution in [-0.2, 0) is 20.0 Å². The standard InChI is InChI=1S/C15H21N3/c1-13-15(12-17-18(13)2)11-16-10-6-9-14-7-4-3-5-8-14/h3-5,7-8,12,16H,6,9-11H2,1-2H3. The maximum atomic E-state index is 4.24. The first-order valence-electron chi connectivity index (χ1n) is 6.49. The van der Waals surface area contributed by atoms with Gasteiger partial charge in [-0.15, -0.1) is 0 Å². The van der Waals surface area contributed by atoms with Crippen molar-refractivity contribution in [3.05, 3.63) is 53.3 Å². The molecule has 1 N–H and O–H groups in total. The Morgan fingerprint density at radius 1 is 1.22 bits per heavy atom. The molecule has 18 heavy (non-hydrogen) atoms. The van der Waals surface area contributed by atoms with Crippen LogP contribution in [0.3, 0.4) is 0 Å². The molecule has 3 nitrogen and oxygen atoms in total. The Labute approximate surface area is 109 Å². The van der Waals surface area contributed by atoms with Crippen molar-refractivity contribution >= 4 is 0 Å². The van der Waals surface area contributed by atoms with Crippen LogP contribution in [0.25, 0.3) is 0 Å². The molecule has 1 aromatic heterocycles. The average Bonchev–Trinajstić information content (AvgIpc) is 2.71. The van der Waals surface area contributed by atoms with Crippen molar-refractivity contribution in [1.29, 1.82) is 0 Å². The third kappa shape index (κ3) is 3.44. The van der Waals surface area contributed by atoms with Gasteiger partial charge in [0.15, 0.2) is 0 Å². The highest BCUT2D eigenvalue weighted by molar-refractivity contribution is 5.16. The van der Waals surface area contributed by atoms with Crippen molar-refractivity contribution in [2.45, 2.75) is 26.3 Å². The first-order valence-corrected chi connectivity index (χ1v) is 6.49. The van der Waals surface area contributed by atoms with E-state index in [1.807, 2.05) is 17.9 Å². The van der Waals surface area contributed by atoms with Gasteiger partial charge in [0, 0.05) is 24.8 Å². The Bertz CT molecular complexity index is 474. The Kier molecular flexibility index (Phi) is 4.53. The van der Waals surface area contributed by atoms with E-state index in [1.54, 1.807) is 0 Å². The molecular weight excluding hydrogens is 222 g/mol. The second kappa shape index (κ2) is 6.36. The monoisotopic (exact) mass is 243 g/mol. The lowest BCUT2D eigenvalue weighted by atomic mass is 10.1. The molecule has 0 aliphatic rings. The molecule has 0 bridgehead atoms. The van der Waals surface area contributed by atoms with Gasteiger partial charge in [0.2, 0.25) is 0 Å². The molecular formula is C15H21N3. The fourth-order valence-corrected chi connectivity index (χ4v) is 2.00. The van der Waals surface area contributed by atoms with Crippen molar-refractivity contribution in [1.82, 2.24) is 15.1 Å². The van der Waals surface area contributed by atoms with Gasteiger partial charge in [-0.2, -0.15) is 5.10 Å². The predicted octanol–water partition coefficient (Wildman–Crippen LogP) is 2.45. The zero-order valence-corrected chi connectivity index (χ0v) is 11.2. The third-order valence-electron chi connectivity index (χ3n) is 3.31. The molecule has 0 saturated heterocycles. The highest BCUT2D eigenvalue weighted by Gasteiger charge is 2.02. The number of nitrogens with zero attached hydrogens (tertiary/aromatic N) is 2. The van der Waals surface area contributed by atoms with Gasteiger partial charge >= 0.3 is 0 Å². The number of hydrogen-bond donors (Lipinski definition) is 1. The normalized spacial score (nSPS) is 10.8. The molecule has 0 spiro atoms. The van der Waals surface area contributed by atoms with Gasteiger partial charge in [0.25, 0.3) is 0 Å². The Morgan fingerprint density at radius 2 is 2.00 bits per heavy atom. The number of benzene rings is 1. The summed E-state index contributed by atoms with van der Waals surface area (Å²) in [6, 6.07) is 10.6. The minimum atomic E-state index is 0.911. The van der Waals surface area contributed by atoms with Gasteiger partial charge in [-0.3, -0.25) is 4.68 Å². The van der Waals surface area contributed by atoms with Crippen LogP contribution in [0.15, 0.2) is 36.5 Å². The fraction of sp³-hybridized carbons (Fsp3) is 0.400. The number of aryl methyl sites for hydroxylation is 2. The summed E-state index contributed by atoms with van der Waals surface area (Å²) in [6.45, 7) is 4.06. The molecule has 2 aromatic rings. The molecule has 1 heterocycles. The summed E-state index contributed by atoms with van der Waals surface area (Å²) in [5.41, 5.74) is 3.94. The van der Waals surface area contributed by atoms with E-state index in [9.17, 15) is 0 Å². The van der Waals surface area contributed by atoms with Crippen molar-refractivity contribution in [3.8, 4) is 0 Å². The van der Waals surface area contributed by atoms with Crippen LogP contribution in [0.2, 0.25) is 0 Å². The smallest absolute Gasteiger partial charge is 0.0537 e. The number of aromatic nitrogens is 2. The van der Waals surface area contributed by atoms with Gasteiger partial charge in [-0.05, 0) is 31.9 Å². The van der Waals surface area contributed by atoms with Crippen LogP contribution in [0.4, 0.5) is 0 Å². The first kappa shape index (κ1) is 12.8. The summed E-state index contributed by atoms with van der Waals surface area (Å²) in [5, 5.41) is 7.71. The highest BCUT2D eigenvalue weighted by atomic mass is 15.3. The summed E-state index contributed by atoms with van der Waals surface area (Å²) >= 11 is 0. The molecule has 0 aliphatic heterocycles. The highest BCUT2D eigenvalue weighted by Crippen LogP contribution is 2.05. The van der Waals surface area contributed by atoms with Crippen LogP contribution in [0.5, 0.6) is 0 Å².